The van der Waals surface area contributed by atoms with E-state index in [2.05, 4.69) is 17.3 Å². The van der Waals surface area contributed by atoms with Gasteiger partial charge in [-0.3, -0.25) is 0 Å². The van der Waals surface area contributed by atoms with Crippen molar-refractivity contribution in [3.63, 3.8) is 0 Å². The van der Waals surface area contributed by atoms with Gasteiger partial charge >= 0.3 is 0 Å². The molecule has 0 unspecified atom stereocenters. The third-order valence-corrected chi connectivity index (χ3v) is 4.58. The first-order valence-corrected chi connectivity index (χ1v) is 5.67. The van der Waals surface area contributed by atoms with Crippen molar-refractivity contribution in [2.24, 2.45) is 5.41 Å². The third-order valence-electron chi connectivity index (χ3n) is 4.58. The molecule has 3 rings (SSSR count). The first kappa shape index (κ1) is 8.25. The minimum atomic E-state index is 0.678. The monoisotopic (exact) mass is 180 g/mol. The standard InChI is InChI=1S/C11H20N2/c1-13-9-10(4-6-12-7-5-10)8-11(13)2-3-11/h12H,2-9H2,1H3. The fourth-order valence-electron chi connectivity index (χ4n) is 3.55. The van der Waals surface area contributed by atoms with Gasteiger partial charge in [0.15, 0.2) is 0 Å². The highest BCUT2D eigenvalue weighted by Crippen LogP contribution is 2.57. The van der Waals surface area contributed by atoms with Crippen molar-refractivity contribution in [2.75, 3.05) is 26.7 Å². The summed E-state index contributed by atoms with van der Waals surface area (Å²) in [5.74, 6) is 0. The van der Waals surface area contributed by atoms with Gasteiger partial charge < -0.3 is 10.2 Å². The number of rotatable bonds is 0. The number of likely N-dealkylation sites (tertiary alicyclic amines) is 1. The topological polar surface area (TPSA) is 15.3 Å². The van der Waals surface area contributed by atoms with Gasteiger partial charge in [0.1, 0.15) is 0 Å². The van der Waals surface area contributed by atoms with Crippen LogP contribution in [0.2, 0.25) is 0 Å². The highest BCUT2D eigenvalue weighted by molar-refractivity contribution is 5.13. The van der Waals surface area contributed by atoms with Gasteiger partial charge in [-0.15, -0.1) is 0 Å². The lowest BCUT2D eigenvalue weighted by Gasteiger charge is -2.33. The molecule has 0 atom stereocenters. The molecule has 3 fully saturated rings. The zero-order valence-corrected chi connectivity index (χ0v) is 8.60. The van der Waals surface area contributed by atoms with Crippen molar-refractivity contribution in [3.8, 4) is 0 Å². The van der Waals surface area contributed by atoms with Crippen LogP contribution < -0.4 is 5.32 Å². The average molecular weight is 180 g/mol. The van der Waals surface area contributed by atoms with Crippen molar-refractivity contribution in [2.45, 2.75) is 37.6 Å². The Morgan fingerprint density at radius 3 is 2.31 bits per heavy atom. The van der Waals surface area contributed by atoms with Gasteiger partial charge in [0, 0.05) is 12.1 Å². The van der Waals surface area contributed by atoms with Gasteiger partial charge in [-0.05, 0) is 57.7 Å². The van der Waals surface area contributed by atoms with Crippen LogP contribution in [0.15, 0.2) is 0 Å². The lowest BCUT2D eigenvalue weighted by molar-refractivity contribution is 0.207. The van der Waals surface area contributed by atoms with Crippen LogP contribution in [-0.4, -0.2) is 37.1 Å². The molecule has 13 heavy (non-hydrogen) atoms. The van der Waals surface area contributed by atoms with E-state index in [-0.39, 0.29) is 0 Å². The highest BCUT2D eigenvalue weighted by atomic mass is 15.2. The summed E-state index contributed by atoms with van der Waals surface area (Å²) in [5.41, 5.74) is 1.38. The number of hydrogen-bond donors (Lipinski definition) is 1. The summed E-state index contributed by atoms with van der Waals surface area (Å²) < 4.78 is 0. The second kappa shape index (κ2) is 2.48. The average Bonchev–Trinajstić information content (AvgIpc) is 2.81. The Morgan fingerprint density at radius 1 is 1.08 bits per heavy atom. The molecule has 0 radical (unpaired) electrons. The van der Waals surface area contributed by atoms with Crippen LogP contribution in [0, 0.1) is 5.41 Å². The van der Waals surface area contributed by atoms with Crippen LogP contribution in [0.5, 0.6) is 0 Å². The Hall–Kier alpha value is -0.0800. The lowest BCUT2D eigenvalue weighted by Crippen LogP contribution is -2.38. The molecule has 0 aromatic rings. The Bertz CT molecular complexity index is 214. The van der Waals surface area contributed by atoms with Crippen molar-refractivity contribution in [1.29, 1.82) is 0 Å². The van der Waals surface area contributed by atoms with E-state index in [9.17, 15) is 0 Å². The maximum Gasteiger partial charge on any atom is 0.0213 e. The molecule has 2 saturated heterocycles. The molecule has 0 aromatic carbocycles. The number of piperidine rings is 1. The second-order valence-electron chi connectivity index (χ2n) is 5.51. The van der Waals surface area contributed by atoms with Crippen LogP contribution in [-0.2, 0) is 0 Å². The van der Waals surface area contributed by atoms with Gasteiger partial charge in [0.2, 0.25) is 0 Å². The van der Waals surface area contributed by atoms with Crippen LogP contribution in [0.4, 0.5) is 0 Å². The number of hydrogen-bond acceptors (Lipinski definition) is 2. The van der Waals surface area contributed by atoms with Crippen LogP contribution in [0.3, 0.4) is 0 Å². The quantitative estimate of drug-likeness (QED) is 0.603. The van der Waals surface area contributed by atoms with Crippen molar-refractivity contribution >= 4 is 0 Å². The van der Waals surface area contributed by atoms with Gasteiger partial charge in [-0.2, -0.15) is 0 Å². The van der Waals surface area contributed by atoms with Gasteiger partial charge in [0.05, 0.1) is 0 Å². The Labute approximate surface area is 80.7 Å². The highest BCUT2D eigenvalue weighted by Gasteiger charge is 2.57. The molecule has 3 aliphatic rings. The summed E-state index contributed by atoms with van der Waals surface area (Å²) >= 11 is 0. The third kappa shape index (κ3) is 1.15. The van der Waals surface area contributed by atoms with E-state index in [1.807, 2.05) is 0 Å². The summed E-state index contributed by atoms with van der Waals surface area (Å²) in [4.78, 5) is 2.65. The molecule has 1 aliphatic carbocycles. The summed E-state index contributed by atoms with van der Waals surface area (Å²) in [6, 6.07) is 0. The number of nitrogens with zero attached hydrogens (tertiary/aromatic N) is 1. The molecule has 0 amide bonds. The van der Waals surface area contributed by atoms with Crippen molar-refractivity contribution in [3.05, 3.63) is 0 Å². The molecule has 0 bridgehead atoms. The molecule has 2 nitrogen and oxygen atoms in total. The minimum Gasteiger partial charge on any atom is -0.317 e. The van der Waals surface area contributed by atoms with E-state index in [1.165, 1.54) is 51.7 Å². The predicted octanol–water partition coefficient (Wildman–Crippen LogP) is 1.22. The van der Waals surface area contributed by atoms with E-state index in [0.717, 1.165) is 0 Å². The molecular formula is C11H20N2. The van der Waals surface area contributed by atoms with Crippen LogP contribution in [0.25, 0.3) is 0 Å². The number of nitrogens with one attached hydrogen (secondary N) is 1. The van der Waals surface area contributed by atoms with E-state index in [4.69, 9.17) is 0 Å². The fraction of sp³-hybridized carbons (Fsp3) is 1.00. The fourth-order valence-corrected chi connectivity index (χ4v) is 3.55. The molecule has 1 saturated carbocycles. The van der Waals surface area contributed by atoms with E-state index in [1.54, 1.807) is 0 Å². The van der Waals surface area contributed by atoms with E-state index < -0.39 is 0 Å². The molecule has 2 heterocycles. The van der Waals surface area contributed by atoms with Gasteiger partial charge in [0.25, 0.3) is 0 Å². The smallest absolute Gasteiger partial charge is 0.0213 e. The predicted molar refractivity (Wildman–Crippen MR) is 53.7 cm³/mol. The minimum absolute atomic E-state index is 0.678. The normalized spacial score (nSPS) is 35.8. The molecule has 1 N–H and O–H groups in total. The molecule has 0 aromatic heterocycles. The Balaban J connectivity index is 1.78. The summed E-state index contributed by atoms with van der Waals surface area (Å²) in [6.45, 7) is 3.88. The lowest BCUT2D eigenvalue weighted by atomic mass is 9.77. The Kier molecular flexibility index (Phi) is 1.58. The zero-order chi connectivity index (χ0) is 8.94. The van der Waals surface area contributed by atoms with Gasteiger partial charge in [-0.1, -0.05) is 0 Å². The Morgan fingerprint density at radius 2 is 1.77 bits per heavy atom. The summed E-state index contributed by atoms with van der Waals surface area (Å²) in [5, 5.41) is 3.48. The summed E-state index contributed by atoms with van der Waals surface area (Å²) in [6.07, 6.45) is 7.27. The van der Waals surface area contributed by atoms with E-state index in [0.29, 0.717) is 11.0 Å². The van der Waals surface area contributed by atoms with Gasteiger partial charge in [-0.25, -0.2) is 0 Å². The van der Waals surface area contributed by atoms with Crippen molar-refractivity contribution < 1.29 is 0 Å². The second-order valence-corrected chi connectivity index (χ2v) is 5.51. The van der Waals surface area contributed by atoms with Crippen molar-refractivity contribution in [1.82, 2.24) is 10.2 Å². The zero-order valence-electron chi connectivity index (χ0n) is 8.60. The first-order valence-electron chi connectivity index (χ1n) is 5.67. The van der Waals surface area contributed by atoms with E-state index >= 15 is 0 Å². The largest absolute Gasteiger partial charge is 0.317 e. The SMILES string of the molecule is CN1CC2(CCNCC2)CC12CC2. The molecule has 2 aliphatic heterocycles. The molecular weight excluding hydrogens is 160 g/mol. The maximum absolute atomic E-state index is 3.48. The molecule has 74 valence electrons. The molecule has 2 spiro atoms. The van der Waals surface area contributed by atoms with Crippen LogP contribution >= 0.6 is 0 Å². The molecule has 2 heteroatoms. The maximum atomic E-state index is 3.48. The first-order chi connectivity index (χ1) is 6.25. The van der Waals surface area contributed by atoms with Crippen LogP contribution in [0.1, 0.15) is 32.1 Å². The summed E-state index contributed by atoms with van der Waals surface area (Å²) in [7, 11) is 2.34.